The zero-order chi connectivity index (χ0) is 21.0. The van der Waals surface area contributed by atoms with Crippen LogP contribution < -0.4 is 20.3 Å². The van der Waals surface area contributed by atoms with Crippen molar-refractivity contribution >= 4 is 23.5 Å². The number of carbonyl (C=O) groups is 1. The minimum Gasteiger partial charge on any atom is -0.490 e. The Morgan fingerprint density at radius 3 is 2.69 bits per heavy atom. The molecule has 1 aliphatic rings. The fourth-order valence-electron chi connectivity index (χ4n) is 3.37. The minimum absolute atomic E-state index is 0.143. The highest BCUT2D eigenvalue weighted by Crippen LogP contribution is 2.39. The number of carbonyl (C=O) groups excluding carboxylic acids is 1. The van der Waals surface area contributed by atoms with Gasteiger partial charge in [0.1, 0.15) is 5.82 Å². The van der Waals surface area contributed by atoms with Crippen LogP contribution in [0.25, 0.3) is 0 Å². The highest BCUT2D eigenvalue weighted by Gasteiger charge is 2.32. The summed E-state index contributed by atoms with van der Waals surface area (Å²) in [4.78, 5) is 29.6. The maximum atomic E-state index is 12.9. The molecule has 0 radical (unpaired) electrons. The normalized spacial score (nSPS) is 15.4. The first-order valence-corrected chi connectivity index (χ1v) is 10.5. The summed E-state index contributed by atoms with van der Waals surface area (Å²) in [5, 5.41) is 3.38. The van der Waals surface area contributed by atoms with Gasteiger partial charge in [-0.2, -0.15) is 4.98 Å². The van der Waals surface area contributed by atoms with Gasteiger partial charge in [-0.15, -0.1) is 6.58 Å². The standard InChI is InChI=1S/C21H25N3O4S/c1-5-10-29-21-23-20(26)18-14(12-17(25)22-19(18)24(21)4)13-8-9-15(27-6-2)16(11-13)28-7-3/h5,8-9,11,14H,1,6-7,10,12H2,2-4H3,(H,22,25). The van der Waals surface area contributed by atoms with E-state index in [9.17, 15) is 9.59 Å². The number of fused-ring (bicyclic) bond motifs is 1. The van der Waals surface area contributed by atoms with Gasteiger partial charge in [0.2, 0.25) is 5.91 Å². The lowest BCUT2D eigenvalue weighted by molar-refractivity contribution is -0.116. The molecular formula is C21H25N3O4S. The van der Waals surface area contributed by atoms with Crippen molar-refractivity contribution in [1.29, 1.82) is 0 Å². The Labute approximate surface area is 174 Å². The van der Waals surface area contributed by atoms with Crippen LogP contribution in [0.5, 0.6) is 11.5 Å². The third-order valence-electron chi connectivity index (χ3n) is 4.60. The van der Waals surface area contributed by atoms with Crippen LogP contribution in [0.3, 0.4) is 0 Å². The summed E-state index contributed by atoms with van der Waals surface area (Å²) in [6.45, 7) is 8.50. The van der Waals surface area contributed by atoms with Crippen LogP contribution in [0.4, 0.5) is 5.82 Å². The van der Waals surface area contributed by atoms with Gasteiger partial charge in [-0.05, 0) is 31.5 Å². The van der Waals surface area contributed by atoms with Crippen LogP contribution in [0, 0.1) is 0 Å². The molecule has 154 valence electrons. The number of nitrogens with one attached hydrogen (secondary N) is 1. The lowest BCUT2D eigenvalue weighted by atomic mass is 9.86. The smallest absolute Gasteiger partial charge is 0.279 e. The molecule has 1 N–H and O–H groups in total. The van der Waals surface area contributed by atoms with Crippen molar-refractivity contribution in [2.45, 2.75) is 31.3 Å². The van der Waals surface area contributed by atoms with Crippen LogP contribution in [0.2, 0.25) is 0 Å². The van der Waals surface area contributed by atoms with E-state index < -0.39 is 5.92 Å². The molecule has 0 bridgehead atoms. The third-order valence-corrected chi connectivity index (χ3v) is 5.63. The summed E-state index contributed by atoms with van der Waals surface area (Å²) in [6.07, 6.45) is 1.91. The molecule has 2 heterocycles. The van der Waals surface area contributed by atoms with Gasteiger partial charge in [0, 0.05) is 25.1 Å². The van der Waals surface area contributed by atoms with E-state index >= 15 is 0 Å². The molecule has 1 aromatic heterocycles. The molecule has 0 aliphatic carbocycles. The predicted molar refractivity (Wildman–Crippen MR) is 114 cm³/mol. The second-order valence-corrected chi connectivity index (χ2v) is 7.48. The molecule has 1 aliphatic heterocycles. The molecule has 29 heavy (non-hydrogen) atoms. The monoisotopic (exact) mass is 415 g/mol. The van der Waals surface area contributed by atoms with Crippen molar-refractivity contribution in [2.24, 2.45) is 7.05 Å². The fourth-order valence-corrected chi connectivity index (χ4v) is 4.07. The Hall–Kier alpha value is -2.74. The van der Waals surface area contributed by atoms with Crippen molar-refractivity contribution < 1.29 is 14.3 Å². The van der Waals surface area contributed by atoms with Crippen LogP contribution in [-0.4, -0.2) is 34.4 Å². The van der Waals surface area contributed by atoms with Crippen LogP contribution in [-0.2, 0) is 11.8 Å². The molecule has 0 fully saturated rings. The van der Waals surface area contributed by atoms with Crippen molar-refractivity contribution in [3.63, 3.8) is 0 Å². The quantitative estimate of drug-likeness (QED) is 0.405. The van der Waals surface area contributed by atoms with Gasteiger partial charge in [-0.3, -0.25) is 9.59 Å². The number of ether oxygens (including phenoxy) is 2. The van der Waals surface area contributed by atoms with Gasteiger partial charge in [0.05, 0.1) is 18.8 Å². The SMILES string of the molecule is C=CCSc1nc(=O)c2c(n1C)NC(=O)CC2c1ccc(OCC)c(OCC)c1. The number of hydrogen-bond acceptors (Lipinski definition) is 6. The van der Waals surface area contributed by atoms with Crippen molar-refractivity contribution in [3.05, 3.63) is 52.3 Å². The number of anilines is 1. The van der Waals surface area contributed by atoms with E-state index in [0.717, 1.165) is 5.56 Å². The maximum Gasteiger partial charge on any atom is 0.279 e. The number of nitrogens with zero attached hydrogens (tertiary/aromatic N) is 2. The molecule has 2 aromatic rings. The van der Waals surface area contributed by atoms with E-state index in [1.165, 1.54) is 11.8 Å². The number of benzene rings is 1. The Morgan fingerprint density at radius 1 is 1.28 bits per heavy atom. The number of rotatable bonds is 8. The molecule has 1 aromatic carbocycles. The first-order valence-electron chi connectivity index (χ1n) is 9.54. The van der Waals surface area contributed by atoms with Crippen molar-refractivity contribution in [2.75, 3.05) is 24.3 Å². The molecule has 0 saturated heterocycles. The second-order valence-electron chi connectivity index (χ2n) is 6.50. The highest BCUT2D eigenvalue weighted by molar-refractivity contribution is 7.99. The first kappa shape index (κ1) is 21.0. The molecule has 1 amide bonds. The topological polar surface area (TPSA) is 82.5 Å². The average molecular weight is 416 g/mol. The molecule has 1 unspecified atom stereocenters. The summed E-state index contributed by atoms with van der Waals surface area (Å²) >= 11 is 1.39. The van der Waals surface area contributed by atoms with Crippen LogP contribution in [0.15, 0.2) is 40.8 Å². The lowest BCUT2D eigenvalue weighted by Crippen LogP contribution is -2.33. The zero-order valence-corrected chi connectivity index (χ0v) is 17.7. The number of thioether (sulfide) groups is 1. The first-order chi connectivity index (χ1) is 14.0. The maximum absolute atomic E-state index is 12.9. The van der Waals surface area contributed by atoms with E-state index in [4.69, 9.17) is 9.47 Å². The molecule has 0 saturated carbocycles. The summed E-state index contributed by atoms with van der Waals surface area (Å²) in [6, 6.07) is 5.55. The Morgan fingerprint density at radius 2 is 2.00 bits per heavy atom. The lowest BCUT2D eigenvalue weighted by Gasteiger charge is -2.28. The summed E-state index contributed by atoms with van der Waals surface area (Å²) < 4.78 is 13.1. The van der Waals surface area contributed by atoms with Crippen LogP contribution >= 0.6 is 11.8 Å². The van der Waals surface area contributed by atoms with E-state index in [1.54, 1.807) is 17.7 Å². The molecule has 3 rings (SSSR count). The predicted octanol–water partition coefficient (Wildman–Crippen LogP) is 3.33. The van der Waals surface area contributed by atoms with Gasteiger partial charge in [-0.1, -0.05) is 23.9 Å². The fraction of sp³-hybridized carbons (Fsp3) is 0.381. The highest BCUT2D eigenvalue weighted by atomic mass is 32.2. The molecule has 7 nitrogen and oxygen atoms in total. The second kappa shape index (κ2) is 9.17. The summed E-state index contributed by atoms with van der Waals surface area (Å²) in [7, 11) is 1.79. The van der Waals surface area contributed by atoms with E-state index in [1.807, 2.05) is 32.0 Å². The van der Waals surface area contributed by atoms with E-state index in [0.29, 0.717) is 47.0 Å². The van der Waals surface area contributed by atoms with E-state index in [-0.39, 0.29) is 17.9 Å². The number of amides is 1. The largest absolute Gasteiger partial charge is 0.490 e. The molecule has 1 atom stereocenters. The zero-order valence-electron chi connectivity index (χ0n) is 16.9. The van der Waals surface area contributed by atoms with Gasteiger partial charge in [0.25, 0.3) is 5.56 Å². The minimum atomic E-state index is -0.404. The van der Waals surface area contributed by atoms with Crippen molar-refractivity contribution in [3.8, 4) is 11.5 Å². The molecule has 8 heteroatoms. The summed E-state index contributed by atoms with van der Waals surface area (Å²) in [5.74, 6) is 1.80. The van der Waals surface area contributed by atoms with Gasteiger partial charge in [-0.25, -0.2) is 0 Å². The Bertz CT molecular complexity index is 987. The number of hydrogen-bond donors (Lipinski definition) is 1. The Kier molecular flexibility index (Phi) is 6.64. The molecule has 0 spiro atoms. The molecular weight excluding hydrogens is 390 g/mol. The van der Waals surface area contributed by atoms with Crippen LogP contribution in [0.1, 0.15) is 37.3 Å². The Balaban J connectivity index is 2.10. The van der Waals surface area contributed by atoms with Gasteiger partial charge < -0.3 is 19.4 Å². The van der Waals surface area contributed by atoms with Crippen molar-refractivity contribution in [1.82, 2.24) is 9.55 Å². The summed E-state index contributed by atoms with van der Waals surface area (Å²) in [5.41, 5.74) is 0.974. The average Bonchev–Trinajstić information content (AvgIpc) is 2.70. The number of aromatic nitrogens is 2. The third kappa shape index (κ3) is 4.32. The van der Waals surface area contributed by atoms with E-state index in [2.05, 4.69) is 16.9 Å². The van der Waals surface area contributed by atoms with Gasteiger partial charge in [0.15, 0.2) is 16.7 Å². The van der Waals surface area contributed by atoms with Gasteiger partial charge >= 0.3 is 0 Å².